The van der Waals surface area contributed by atoms with Gasteiger partial charge in [-0.3, -0.25) is 0 Å². The number of nitrogens with zero attached hydrogens (tertiary/aromatic N) is 1. The van der Waals surface area contributed by atoms with Crippen molar-refractivity contribution in [1.29, 1.82) is 0 Å². The van der Waals surface area contributed by atoms with Crippen LogP contribution in [0.1, 0.15) is 12.5 Å². The molecule has 5 nitrogen and oxygen atoms in total. The van der Waals surface area contributed by atoms with E-state index in [0.29, 0.717) is 13.2 Å². The fraction of sp³-hybridized carbons (Fsp3) is 0.533. The molecular formula is C15H24IN3O2. The van der Waals surface area contributed by atoms with Gasteiger partial charge in [-0.15, -0.1) is 24.0 Å². The molecule has 0 fully saturated rings. The normalized spacial score (nSPS) is 16.7. The number of aliphatic imine (C=N–C) groups is 1. The number of rotatable bonds is 6. The first kappa shape index (κ1) is 18.0. The molecule has 0 radical (unpaired) electrons. The number of hydrogen-bond donors (Lipinski definition) is 2. The Balaban J connectivity index is 0.00000220. The third-order valence-electron chi connectivity index (χ3n) is 3.11. The maximum atomic E-state index is 5.87. The van der Waals surface area contributed by atoms with Crippen molar-refractivity contribution >= 4 is 29.9 Å². The van der Waals surface area contributed by atoms with Gasteiger partial charge in [0.25, 0.3) is 0 Å². The molecule has 0 saturated heterocycles. The number of benzene rings is 1. The lowest BCUT2D eigenvalue weighted by molar-refractivity contribution is 0.203. The van der Waals surface area contributed by atoms with E-state index in [4.69, 9.17) is 9.47 Å². The van der Waals surface area contributed by atoms with Crippen molar-refractivity contribution < 1.29 is 9.47 Å². The molecule has 21 heavy (non-hydrogen) atoms. The van der Waals surface area contributed by atoms with Crippen molar-refractivity contribution in [3.05, 3.63) is 29.8 Å². The van der Waals surface area contributed by atoms with Gasteiger partial charge in [0.05, 0.1) is 13.2 Å². The molecule has 2 rings (SSSR count). The van der Waals surface area contributed by atoms with E-state index < -0.39 is 0 Å². The fourth-order valence-electron chi connectivity index (χ4n) is 2.16. The molecule has 1 atom stereocenters. The average Bonchev–Trinajstić information content (AvgIpc) is 2.87. The van der Waals surface area contributed by atoms with Crippen molar-refractivity contribution in [2.45, 2.75) is 19.4 Å². The smallest absolute Gasteiger partial charge is 0.191 e. The van der Waals surface area contributed by atoms with E-state index in [1.807, 2.05) is 18.2 Å². The van der Waals surface area contributed by atoms with Crippen LogP contribution in [0.5, 0.6) is 5.75 Å². The number of methoxy groups -OCH3 is 1. The molecule has 0 aliphatic carbocycles. The van der Waals surface area contributed by atoms with Gasteiger partial charge in [0.15, 0.2) is 5.96 Å². The Hall–Kier alpha value is -1.02. The lowest BCUT2D eigenvalue weighted by Crippen LogP contribution is -2.39. The van der Waals surface area contributed by atoms with Gasteiger partial charge in [0.1, 0.15) is 11.9 Å². The van der Waals surface area contributed by atoms with Crippen molar-refractivity contribution in [2.24, 2.45) is 4.99 Å². The molecule has 0 amide bonds. The molecule has 1 aliphatic heterocycles. The highest BCUT2D eigenvalue weighted by Crippen LogP contribution is 2.27. The van der Waals surface area contributed by atoms with Gasteiger partial charge in [-0.25, -0.2) is 4.99 Å². The van der Waals surface area contributed by atoms with Crippen LogP contribution in [0.15, 0.2) is 29.3 Å². The summed E-state index contributed by atoms with van der Waals surface area (Å²) in [5.74, 6) is 1.80. The summed E-state index contributed by atoms with van der Waals surface area (Å²) in [4.78, 5) is 4.56. The molecule has 0 saturated carbocycles. The Bertz CT molecular complexity index is 429. The summed E-state index contributed by atoms with van der Waals surface area (Å²) < 4.78 is 10.9. The van der Waals surface area contributed by atoms with Crippen molar-refractivity contribution in [1.82, 2.24) is 10.6 Å². The summed E-state index contributed by atoms with van der Waals surface area (Å²) in [5, 5.41) is 6.44. The van der Waals surface area contributed by atoms with Gasteiger partial charge < -0.3 is 20.1 Å². The second kappa shape index (κ2) is 9.83. The summed E-state index contributed by atoms with van der Waals surface area (Å²) in [6.45, 7) is 4.95. The van der Waals surface area contributed by atoms with Gasteiger partial charge in [-0.1, -0.05) is 18.2 Å². The molecule has 0 aromatic heterocycles. The molecule has 1 aliphatic rings. The predicted octanol–water partition coefficient (Wildman–Crippen LogP) is 1.81. The summed E-state index contributed by atoms with van der Waals surface area (Å²) in [6, 6.07) is 8.17. The first-order valence-electron chi connectivity index (χ1n) is 7.09. The molecule has 1 unspecified atom stereocenters. The minimum Gasteiger partial charge on any atom is -0.488 e. The zero-order chi connectivity index (χ0) is 14.2. The van der Waals surface area contributed by atoms with Crippen LogP contribution in [-0.2, 0) is 11.2 Å². The SMILES string of the molecule is CCNC(=NCC1Cc2ccccc2O1)NCCOC.I. The monoisotopic (exact) mass is 405 g/mol. The quantitative estimate of drug-likeness (QED) is 0.328. The molecular weight excluding hydrogens is 381 g/mol. The first-order chi connectivity index (χ1) is 9.83. The third-order valence-corrected chi connectivity index (χ3v) is 3.11. The zero-order valence-electron chi connectivity index (χ0n) is 12.6. The number of ether oxygens (including phenoxy) is 2. The van der Waals surface area contributed by atoms with Gasteiger partial charge in [-0.2, -0.15) is 0 Å². The van der Waals surface area contributed by atoms with Gasteiger partial charge in [0, 0.05) is 26.6 Å². The van der Waals surface area contributed by atoms with E-state index in [-0.39, 0.29) is 30.1 Å². The number of hydrogen-bond acceptors (Lipinski definition) is 3. The number of nitrogens with one attached hydrogen (secondary N) is 2. The first-order valence-corrected chi connectivity index (χ1v) is 7.09. The summed E-state index contributed by atoms with van der Waals surface area (Å²) >= 11 is 0. The van der Waals surface area contributed by atoms with E-state index in [0.717, 1.165) is 31.2 Å². The predicted molar refractivity (Wildman–Crippen MR) is 95.8 cm³/mol. The van der Waals surface area contributed by atoms with Crippen LogP contribution in [-0.4, -0.2) is 45.4 Å². The Kier molecular flexibility index (Phi) is 8.44. The van der Waals surface area contributed by atoms with Gasteiger partial charge >= 0.3 is 0 Å². The molecule has 118 valence electrons. The molecule has 0 bridgehead atoms. The Labute approximate surface area is 143 Å². The zero-order valence-corrected chi connectivity index (χ0v) is 14.9. The van der Waals surface area contributed by atoms with Crippen LogP contribution >= 0.6 is 24.0 Å². The Morgan fingerprint density at radius 1 is 1.38 bits per heavy atom. The molecule has 1 aromatic rings. The number of fused-ring (bicyclic) bond motifs is 1. The lowest BCUT2D eigenvalue weighted by Gasteiger charge is -2.12. The largest absolute Gasteiger partial charge is 0.488 e. The highest BCUT2D eigenvalue weighted by molar-refractivity contribution is 14.0. The number of halogens is 1. The average molecular weight is 405 g/mol. The molecule has 2 N–H and O–H groups in total. The van der Waals surface area contributed by atoms with Gasteiger partial charge in [-0.05, 0) is 18.6 Å². The Morgan fingerprint density at radius 3 is 2.90 bits per heavy atom. The van der Waals surface area contributed by atoms with Crippen molar-refractivity contribution in [3.8, 4) is 5.75 Å². The molecule has 0 spiro atoms. The fourth-order valence-corrected chi connectivity index (χ4v) is 2.16. The van der Waals surface area contributed by atoms with Crippen molar-refractivity contribution in [3.63, 3.8) is 0 Å². The maximum absolute atomic E-state index is 5.87. The second-order valence-electron chi connectivity index (χ2n) is 4.69. The Morgan fingerprint density at radius 2 is 2.19 bits per heavy atom. The summed E-state index contributed by atoms with van der Waals surface area (Å²) in [6.07, 6.45) is 1.06. The van der Waals surface area contributed by atoms with Crippen LogP contribution < -0.4 is 15.4 Å². The highest BCUT2D eigenvalue weighted by Gasteiger charge is 2.21. The van der Waals surface area contributed by atoms with E-state index >= 15 is 0 Å². The second-order valence-corrected chi connectivity index (χ2v) is 4.69. The summed E-state index contributed by atoms with van der Waals surface area (Å²) in [5.41, 5.74) is 1.27. The number of para-hydroxylation sites is 1. The maximum Gasteiger partial charge on any atom is 0.191 e. The molecule has 6 heteroatoms. The lowest BCUT2D eigenvalue weighted by atomic mass is 10.1. The van der Waals surface area contributed by atoms with E-state index in [1.165, 1.54) is 5.56 Å². The van der Waals surface area contributed by atoms with Gasteiger partial charge in [0.2, 0.25) is 0 Å². The van der Waals surface area contributed by atoms with Crippen LogP contribution in [0, 0.1) is 0 Å². The minimum atomic E-state index is 0. The van der Waals surface area contributed by atoms with Crippen LogP contribution in [0.25, 0.3) is 0 Å². The van der Waals surface area contributed by atoms with Crippen molar-refractivity contribution in [2.75, 3.05) is 33.4 Å². The van der Waals surface area contributed by atoms with Crippen LogP contribution in [0.4, 0.5) is 0 Å². The highest BCUT2D eigenvalue weighted by atomic mass is 127. The number of guanidine groups is 1. The topological polar surface area (TPSA) is 54.9 Å². The summed E-state index contributed by atoms with van der Waals surface area (Å²) in [7, 11) is 1.69. The van der Waals surface area contributed by atoms with Crippen LogP contribution in [0.2, 0.25) is 0 Å². The van der Waals surface area contributed by atoms with E-state index in [1.54, 1.807) is 7.11 Å². The minimum absolute atomic E-state index is 0. The van der Waals surface area contributed by atoms with E-state index in [2.05, 4.69) is 28.6 Å². The van der Waals surface area contributed by atoms with Crippen LogP contribution in [0.3, 0.4) is 0 Å². The van der Waals surface area contributed by atoms with E-state index in [9.17, 15) is 0 Å². The molecule has 1 heterocycles. The molecule has 1 aromatic carbocycles. The standard InChI is InChI=1S/C15H23N3O2.HI/c1-3-16-15(17-8-9-19-2)18-11-13-10-12-6-4-5-7-14(12)20-13;/h4-7,13H,3,8-11H2,1-2H3,(H2,16,17,18);1H. The third kappa shape index (κ3) is 5.70.